The van der Waals surface area contributed by atoms with Gasteiger partial charge >= 0.3 is 0 Å². The number of likely N-dealkylation sites (tertiary alicyclic amines) is 1. The Balaban J connectivity index is 1.66. The molecule has 2 aromatic carbocycles. The Morgan fingerprint density at radius 2 is 2.04 bits per heavy atom. The van der Waals surface area contributed by atoms with Crippen LogP contribution in [0.15, 0.2) is 42.5 Å². The lowest BCUT2D eigenvalue weighted by Gasteiger charge is -2.32. The number of hydrogen-bond acceptors (Lipinski definition) is 3. The van der Waals surface area contributed by atoms with E-state index in [0.29, 0.717) is 35.1 Å². The SMILES string of the molecule is COc1ccc(NC(=O)[C@H]2CCCN(C(=O)c3cccc(C)c3)C2)cc1Cl. The number of anilines is 1. The summed E-state index contributed by atoms with van der Waals surface area (Å²) < 4.78 is 5.12. The standard InChI is InChI=1S/C21H23ClN2O3/c1-14-5-3-6-15(11-14)21(26)24-10-4-7-16(13-24)20(25)23-17-8-9-19(27-2)18(22)12-17/h3,5-6,8-9,11-12,16H,4,7,10,13H2,1-2H3,(H,23,25)/t16-/m0/s1. The zero-order valence-corrected chi connectivity index (χ0v) is 16.3. The zero-order valence-electron chi connectivity index (χ0n) is 15.5. The van der Waals surface area contributed by atoms with Gasteiger partial charge in [0, 0.05) is 24.3 Å². The third-order valence-electron chi connectivity index (χ3n) is 4.76. The van der Waals surface area contributed by atoms with Crippen LogP contribution in [-0.4, -0.2) is 36.9 Å². The highest BCUT2D eigenvalue weighted by Crippen LogP contribution is 2.28. The van der Waals surface area contributed by atoms with Crippen molar-refractivity contribution in [1.29, 1.82) is 0 Å². The maximum Gasteiger partial charge on any atom is 0.253 e. The van der Waals surface area contributed by atoms with Crippen molar-refractivity contribution in [2.75, 3.05) is 25.5 Å². The first-order valence-electron chi connectivity index (χ1n) is 8.98. The highest BCUT2D eigenvalue weighted by atomic mass is 35.5. The minimum atomic E-state index is -0.242. The Morgan fingerprint density at radius 1 is 1.22 bits per heavy atom. The molecule has 1 aliphatic heterocycles. The van der Waals surface area contributed by atoms with Crippen LogP contribution in [0.4, 0.5) is 5.69 Å². The minimum absolute atomic E-state index is 0.0244. The van der Waals surface area contributed by atoms with Crippen molar-refractivity contribution in [3.8, 4) is 5.75 Å². The van der Waals surface area contributed by atoms with Crippen LogP contribution in [0.25, 0.3) is 0 Å². The number of rotatable bonds is 4. The van der Waals surface area contributed by atoms with E-state index in [2.05, 4.69) is 5.32 Å². The van der Waals surface area contributed by atoms with Gasteiger partial charge in [0.2, 0.25) is 5.91 Å². The molecule has 6 heteroatoms. The van der Waals surface area contributed by atoms with E-state index >= 15 is 0 Å². The first-order valence-corrected chi connectivity index (χ1v) is 9.36. The van der Waals surface area contributed by atoms with E-state index in [-0.39, 0.29) is 17.7 Å². The molecule has 0 aromatic heterocycles. The van der Waals surface area contributed by atoms with Gasteiger partial charge in [-0.15, -0.1) is 0 Å². The van der Waals surface area contributed by atoms with Gasteiger partial charge in [0.15, 0.2) is 0 Å². The Hall–Kier alpha value is -2.53. The molecule has 0 unspecified atom stereocenters. The van der Waals surface area contributed by atoms with Gasteiger partial charge in [0.1, 0.15) is 5.75 Å². The smallest absolute Gasteiger partial charge is 0.253 e. The number of carbonyl (C=O) groups is 2. The topological polar surface area (TPSA) is 58.6 Å². The van der Waals surface area contributed by atoms with Crippen molar-refractivity contribution in [2.24, 2.45) is 5.92 Å². The molecule has 2 aromatic rings. The number of nitrogens with zero attached hydrogens (tertiary/aromatic N) is 1. The summed E-state index contributed by atoms with van der Waals surface area (Å²) >= 11 is 6.11. The molecule has 27 heavy (non-hydrogen) atoms. The lowest BCUT2D eigenvalue weighted by molar-refractivity contribution is -0.121. The van der Waals surface area contributed by atoms with Crippen molar-refractivity contribution in [2.45, 2.75) is 19.8 Å². The summed E-state index contributed by atoms with van der Waals surface area (Å²) in [7, 11) is 1.54. The number of carbonyl (C=O) groups excluding carboxylic acids is 2. The predicted octanol–water partition coefficient (Wildman–Crippen LogP) is 4.15. The van der Waals surface area contributed by atoms with Crippen LogP contribution in [0.2, 0.25) is 5.02 Å². The maximum absolute atomic E-state index is 12.8. The van der Waals surface area contributed by atoms with Gasteiger partial charge < -0.3 is 15.0 Å². The fraction of sp³-hybridized carbons (Fsp3) is 0.333. The highest BCUT2D eigenvalue weighted by molar-refractivity contribution is 6.32. The number of nitrogens with one attached hydrogen (secondary N) is 1. The number of benzene rings is 2. The van der Waals surface area contributed by atoms with Crippen molar-refractivity contribution >= 4 is 29.1 Å². The third-order valence-corrected chi connectivity index (χ3v) is 5.06. The summed E-state index contributed by atoms with van der Waals surface area (Å²) in [6.07, 6.45) is 1.56. The molecule has 0 saturated carbocycles. The Kier molecular flexibility index (Phi) is 6.01. The van der Waals surface area contributed by atoms with Crippen LogP contribution in [0.5, 0.6) is 5.75 Å². The number of halogens is 1. The van der Waals surface area contributed by atoms with Crippen molar-refractivity contribution in [3.63, 3.8) is 0 Å². The first kappa shape index (κ1) is 19.2. The van der Waals surface area contributed by atoms with Gasteiger partial charge in [-0.1, -0.05) is 29.3 Å². The van der Waals surface area contributed by atoms with Gasteiger partial charge in [-0.3, -0.25) is 9.59 Å². The number of aryl methyl sites for hydroxylation is 1. The van der Waals surface area contributed by atoms with E-state index in [1.165, 1.54) is 0 Å². The lowest BCUT2D eigenvalue weighted by Crippen LogP contribution is -2.43. The average Bonchev–Trinajstić information content (AvgIpc) is 2.67. The molecule has 0 radical (unpaired) electrons. The molecule has 1 aliphatic rings. The summed E-state index contributed by atoms with van der Waals surface area (Å²) in [5.41, 5.74) is 2.33. The molecule has 2 amide bonds. The molecule has 0 spiro atoms. The summed E-state index contributed by atoms with van der Waals surface area (Å²) in [5.74, 6) is 0.192. The third kappa shape index (κ3) is 4.61. The Labute approximate surface area is 164 Å². The van der Waals surface area contributed by atoms with E-state index in [0.717, 1.165) is 18.4 Å². The summed E-state index contributed by atoms with van der Waals surface area (Å²) in [6, 6.07) is 12.7. The van der Waals surface area contributed by atoms with Crippen LogP contribution in [0.3, 0.4) is 0 Å². The second-order valence-corrected chi connectivity index (χ2v) is 7.21. The normalized spacial score (nSPS) is 16.7. The van der Waals surface area contributed by atoms with Crippen LogP contribution < -0.4 is 10.1 Å². The molecule has 1 saturated heterocycles. The fourth-order valence-electron chi connectivity index (χ4n) is 3.32. The Morgan fingerprint density at radius 3 is 2.74 bits per heavy atom. The molecule has 1 fully saturated rings. The summed E-state index contributed by atoms with van der Waals surface area (Å²) in [5, 5.41) is 3.34. The van der Waals surface area contributed by atoms with Crippen LogP contribution in [-0.2, 0) is 4.79 Å². The molecule has 1 N–H and O–H groups in total. The van der Waals surface area contributed by atoms with E-state index in [9.17, 15) is 9.59 Å². The van der Waals surface area contributed by atoms with E-state index in [4.69, 9.17) is 16.3 Å². The molecular weight excluding hydrogens is 364 g/mol. The van der Waals surface area contributed by atoms with Gasteiger partial charge in [-0.2, -0.15) is 0 Å². The van der Waals surface area contributed by atoms with Crippen molar-refractivity contribution in [3.05, 3.63) is 58.6 Å². The highest BCUT2D eigenvalue weighted by Gasteiger charge is 2.29. The molecule has 5 nitrogen and oxygen atoms in total. The first-order chi connectivity index (χ1) is 13.0. The predicted molar refractivity (Wildman–Crippen MR) is 106 cm³/mol. The van der Waals surface area contributed by atoms with Gasteiger partial charge in [0.25, 0.3) is 5.91 Å². The average molecular weight is 387 g/mol. The largest absolute Gasteiger partial charge is 0.495 e. The molecule has 1 atom stereocenters. The van der Waals surface area contributed by atoms with Gasteiger partial charge in [-0.25, -0.2) is 0 Å². The quantitative estimate of drug-likeness (QED) is 0.858. The van der Waals surface area contributed by atoms with Crippen LogP contribution >= 0.6 is 11.6 Å². The minimum Gasteiger partial charge on any atom is -0.495 e. The maximum atomic E-state index is 12.8. The molecule has 3 rings (SSSR count). The molecule has 1 heterocycles. The van der Waals surface area contributed by atoms with E-state index in [1.54, 1.807) is 30.2 Å². The van der Waals surface area contributed by atoms with Gasteiger partial charge in [0.05, 0.1) is 18.1 Å². The second kappa shape index (κ2) is 8.44. The zero-order chi connectivity index (χ0) is 19.4. The summed E-state index contributed by atoms with van der Waals surface area (Å²) in [4.78, 5) is 27.2. The second-order valence-electron chi connectivity index (χ2n) is 6.80. The van der Waals surface area contributed by atoms with E-state index in [1.807, 2.05) is 31.2 Å². The van der Waals surface area contributed by atoms with Crippen molar-refractivity contribution < 1.29 is 14.3 Å². The lowest BCUT2D eigenvalue weighted by atomic mass is 9.96. The number of piperidine rings is 1. The monoisotopic (exact) mass is 386 g/mol. The van der Waals surface area contributed by atoms with Gasteiger partial charge in [-0.05, 0) is 50.1 Å². The van der Waals surface area contributed by atoms with Crippen molar-refractivity contribution in [1.82, 2.24) is 4.90 Å². The number of hydrogen-bond donors (Lipinski definition) is 1. The molecule has 0 bridgehead atoms. The molecule has 0 aliphatic carbocycles. The van der Waals surface area contributed by atoms with Crippen LogP contribution in [0, 0.1) is 12.8 Å². The number of amides is 2. The summed E-state index contributed by atoms with van der Waals surface area (Å²) in [6.45, 7) is 3.05. The fourth-order valence-corrected chi connectivity index (χ4v) is 3.58. The number of methoxy groups -OCH3 is 1. The molecular formula is C21H23ClN2O3. The Bertz CT molecular complexity index is 853. The molecule has 142 valence electrons. The number of ether oxygens (including phenoxy) is 1. The van der Waals surface area contributed by atoms with Crippen LogP contribution in [0.1, 0.15) is 28.8 Å². The van der Waals surface area contributed by atoms with E-state index < -0.39 is 0 Å².